The predicted molar refractivity (Wildman–Crippen MR) is 52.2 cm³/mol. The lowest BCUT2D eigenvalue weighted by atomic mass is 10.2. The van der Waals surface area contributed by atoms with Crippen LogP contribution in [0.3, 0.4) is 0 Å². The highest BCUT2D eigenvalue weighted by Gasteiger charge is 2.09. The fourth-order valence-electron chi connectivity index (χ4n) is 0.999. The lowest BCUT2D eigenvalue weighted by Crippen LogP contribution is -2.05. The van der Waals surface area contributed by atoms with Crippen LogP contribution in [0.15, 0.2) is 18.7 Å². The van der Waals surface area contributed by atoms with Gasteiger partial charge in [0.05, 0.1) is 14.2 Å². The van der Waals surface area contributed by atoms with Gasteiger partial charge in [0.25, 0.3) is 0 Å². The van der Waals surface area contributed by atoms with Crippen molar-refractivity contribution in [2.24, 2.45) is 0 Å². The fourth-order valence-corrected chi connectivity index (χ4v) is 0.999. The number of rotatable bonds is 3. The number of hydrogen-bond donors (Lipinski definition) is 0. The maximum atomic E-state index is 11.1. The Bertz CT molecular complexity index is 360. The number of esters is 1. The van der Waals surface area contributed by atoms with Gasteiger partial charge in [-0.1, -0.05) is 6.58 Å². The molecule has 4 heteroatoms. The summed E-state index contributed by atoms with van der Waals surface area (Å²) < 4.78 is 9.55. The van der Waals surface area contributed by atoms with Crippen molar-refractivity contribution in [3.8, 4) is 5.75 Å². The molecule has 0 aliphatic heterocycles. The molecule has 0 fully saturated rings. The van der Waals surface area contributed by atoms with Gasteiger partial charge in [-0.15, -0.1) is 0 Å². The van der Waals surface area contributed by atoms with E-state index in [0.29, 0.717) is 11.4 Å². The first-order valence-electron chi connectivity index (χ1n) is 3.98. The Morgan fingerprint density at radius 2 is 2.21 bits per heavy atom. The zero-order valence-electron chi connectivity index (χ0n) is 8.11. The fraction of sp³-hybridized carbons (Fsp3) is 0.200. The summed E-state index contributed by atoms with van der Waals surface area (Å²) in [6, 6.07) is 3.19. The van der Waals surface area contributed by atoms with Crippen molar-refractivity contribution in [1.82, 2.24) is 4.98 Å². The minimum atomic E-state index is -0.476. The molecule has 0 bridgehead atoms. The van der Waals surface area contributed by atoms with Gasteiger partial charge in [-0.05, 0) is 18.2 Å². The molecule has 0 unspecified atom stereocenters. The summed E-state index contributed by atoms with van der Waals surface area (Å²) in [4.78, 5) is 15.1. The molecule has 0 aromatic carbocycles. The first kappa shape index (κ1) is 10.2. The maximum absolute atomic E-state index is 11.1. The van der Waals surface area contributed by atoms with Crippen LogP contribution in [0.25, 0.3) is 6.08 Å². The molecule has 0 spiro atoms. The van der Waals surface area contributed by atoms with E-state index in [-0.39, 0.29) is 5.69 Å². The molecule has 4 nitrogen and oxygen atoms in total. The van der Waals surface area contributed by atoms with Gasteiger partial charge < -0.3 is 9.47 Å². The number of nitrogens with zero attached hydrogens (tertiary/aromatic N) is 1. The molecule has 1 aromatic heterocycles. The van der Waals surface area contributed by atoms with Crippen LogP contribution in [0, 0.1) is 0 Å². The Balaban J connectivity index is 3.13. The zero-order chi connectivity index (χ0) is 10.6. The number of pyridine rings is 1. The van der Waals surface area contributed by atoms with Crippen LogP contribution in [0.4, 0.5) is 0 Å². The number of carbonyl (C=O) groups is 1. The molecule has 0 atom stereocenters. The minimum absolute atomic E-state index is 0.239. The second-order valence-corrected chi connectivity index (χ2v) is 2.48. The largest absolute Gasteiger partial charge is 0.494 e. The monoisotopic (exact) mass is 193 g/mol. The summed E-state index contributed by atoms with van der Waals surface area (Å²) in [5, 5.41) is 0. The molecule has 0 aliphatic rings. The summed E-state index contributed by atoms with van der Waals surface area (Å²) in [7, 11) is 2.84. The van der Waals surface area contributed by atoms with Crippen LogP contribution in [0.1, 0.15) is 16.2 Å². The number of carbonyl (C=O) groups excluding carboxylic acids is 1. The Morgan fingerprint density at radius 3 is 2.71 bits per heavy atom. The van der Waals surface area contributed by atoms with Gasteiger partial charge in [0.15, 0.2) is 0 Å². The van der Waals surface area contributed by atoms with Crippen molar-refractivity contribution in [1.29, 1.82) is 0 Å². The molecule has 0 saturated carbocycles. The molecule has 14 heavy (non-hydrogen) atoms. The van der Waals surface area contributed by atoms with E-state index in [0.717, 1.165) is 0 Å². The van der Waals surface area contributed by atoms with Gasteiger partial charge in [0.2, 0.25) is 0 Å². The third-order valence-corrected chi connectivity index (χ3v) is 1.69. The van der Waals surface area contributed by atoms with E-state index >= 15 is 0 Å². The average molecular weight is 193 g/mol. The van der Waals surface area contributed by atoms with Crippen molar-refractivity contribution >= 4 is 12.0 Å². The van der Waals surface area contributed by atoms with Gasteiger partial charge >= 0.3 is 5.97 Å². The third kappa shape index (κ3) is 1.90. The molecule has 0 saturated heterocycles. The van der Waals surface area contributed by atoms with Crippen LogP contribution >= 0.6 is 0 Å². The molecule has 0 amide bonds. The Labute approximate surface area is 82.2 Å². The molecule has 0 radical (unpaired) electrons. The van der Waals surface area contributed by atoms with E-state index in [2.05, 4.69) is 16.3 Å². The molecule has 74 valence electrons. The Hall–Kier alpha value is -1.84. The molecule has 1 heterocycles. The van der Waals surface area contributed by atoms with Crippen LogP contribution in [-0.4, -0.2) is 25.2 Å². The second-order valence-electron chi connectivity index (χ2n) is 2.48. The number of ether oxygens (including phenoxy) is 2. The van der Waals surface area contributed by atoms with E-state index in [4.69, 9.17) is 4.74 Å². The molecular weight excluding hydrogens is 182 g/mol. The van der Waals surface area contributed by atoms with Crippen LogP contribution in [-0.2, 0) is 4.74 Å². The lowest BCUT2D eigenvalue weighted by molar-refractivity contribution is 0.0594. The summed E-state index contributed by atoms with van der Waals surface area (Å²) in [5.41, 5.74) is 0.763. The summed E-state index contributed by atoms with van der Waals surface area (Å²) in [6.45, 7) is 3.57. The highest BCUT2D eigenvalue weighted by atomic mass is 16.5. The number of hydrogen-bond acceptors (Lipinski definition) is 4. The first-order chi connectivity index (χ1) is 6.72. The first-order valence-corrected chi connectivity index (χ1v) is 3.98. The summed E-state index contributed by atoms with van der Waals surface area (Å²) >= 11 is 0. The zero-order valence-corrected chi connectivity index (χ0v) is 8.11. The van der Waals surface area contributed by atoms with Gasteiger partial charge in [0.1, 0.15) is 17.1 Å². The predicted octanol–water partition coefficient (Wildman–Crippen LogP) is 1.52. The lowest BCUT2D eigenvalue weighted by Gasteiger charge is -2.05. The average Bonchev–Trinajstić information content (AvgIpc) is 2.26. The SMILES string of the molecule is C=Cc1nc(C(=O)OC)ccc1OC. The van der Waals surface area contributed by atoms with Gasteiger partial charge in [-0.3, -0.25) is 0 Å². The Morgan fingerprint density at radius 1 is 1.50 bits per heavy atom. The van der Waals surface area contributed by atoms with Crippen molar-refractivity contribution in [2.75, 3.05) is 14.2 Å². The third-order valence-electron chi connectivity index (χ3n) is 1.69. The summed E-state index contributed by atoms with van der Waals surface area (Å²) in [6.07, 6.45) is 1.52. The molecular formula is C10H11NO3. The van der Waals surface area contributed by atoms with Gasteiger partial charge in [0, 0.05) is 0 Å². The van der Waals surface area contributed by atoms with Crippen LogP contribution in [0.2, 0.25) is 0 Å². The second kappa shape index (κ2) is 4.41. The van der Waals surface area contributed by atoms with E-state index in [1.165, 1.54) is 26.4 Å². The van der Waals surface area contributed by atoms with Crippen LogP contribution < -0.4 is 4.74 Å². The highest BCUT2D eigenvalue weighted by molar-refractivity contribution is 5.87. The normalized spacial score (nSPS) is 9.29. The Kier molecular flexibility index (Phi) is 3.23. The van der Waals surface area contributed by atoms with E-state index < -0.39 is 5.97 Å². The number of methoxy groups -OCH3 is 2. The maximum Gasteiger partial charge on any atom is 0.356 e. The molecule has 1 rings (SSSR count). The quantitative estimate of drug-likeness (QED) is 0.683. The van der Waals surface area contributed by atoms with E-state index in [1.54, 1.807) is 6.07 Å². The molecule has 1 aromatic rings. The van der Waals surface area contributed by atoms with E-state index in [1.807, 2.05) is 0 Å². The number of aromatic nitrogens is 1. The molecule has 0 N–H and O–H groups in total. The highest BCUT2D eigenvalue weighted by Crippen LogP contribution is 2.17. The van der Waals surface area contributed by atoms with Crippen molar-refractivity contribution < 1.29 is 14.3 Å². The van der Waals surface area contributed by atoms with Crippen molar-refractivity contribution in [3.05, 3.63) is 30.1 Å². The topological polar surface area (TPSA) is 48.4 Å². The van der Waals surface area contributed by atoms with Crippen molar-refractivity contribution in [2.45, 2.75) is 0 Å². The molecule has 0 aliphatic carbocycles. The summed E-state index contributed by atoms with van der Waals surface area (Å²) in [5.74, 6) is 0.100. The van der Waals surface area contributed by atoms with Crippen LogP contribution in [0.5, 0.6) is 5.75 Å². The van der Waals surface area contributed by atoms with E-state index in [9.17, 15) is 4.79 Å². The van der Waals surface area contributed by atoms with Crippen molar-refractivity contribution in [3.63, 3.8) is 0 Å². The van der Waals surface area contributed by atoms with Gasteiger partial charge in [-0.2, -0.15) is 0 Å². The smallest absolute Gasteiger partial charge is 0.356 e. The van der Waals surface area contributed by atoms with Gasteiger partial charge in [-0.25, -0.2) is 9.78 Å². The standard InChI is InChI=1S/C10H11NO3/c1-4-7-9(13-2)6-5-8(11-7)10(12)14-3/h4-6H,1H2,2-3H3. The minimum Gasteiger partial charge on any atom is -0.494 e.